The average Bonchev–Trinajstić information content (AvgIpc) is 3.54. The Hall–Kier alpha value is -2.91. The molecule has 1 saturated carbocycles. The van der Waals surface area contributed by atoms with Crippen LogP contribution >= 0.6 is 0 Å². The van der Waals surface area contributed by atoms with Gasteiger partial charge in [-0.15, -0.1) is 0 Å². The normalized spacial score (nSPS) is 24.2. The number of aliphatic hydroxyl groups is 1. The van der Waals surface area contributed by atoms with Gasteiger partial charge in [0.1, 0.15) is 5.82 Å². The first-order valence-electron chi connectivity index (χ1n) is 13.3. The Bertz CT molecular complexity index is 1070. The lowest BCUT2D eigenvalue weighted by Crippen LogP contribution is -2.37. The highest BCUT2D eigenvalue weighted by atomic mass is 16.5. The number of carbonyl (C=O) groups excluding carboxylic acids is 1. The van der Waals surface area contributed by atoms with Crippen LogP contribution in [0.4, 0.5) is 22.2 Å². The molecule has 0 spiro atoms. The summed E-state index contributed by atoms with van der Waals surface area (Å²) < 4.78 is 5.54. The lowest BCUT2D eigenvalue weighted by molar-refractivity contribution is 0.122. The van der Waals surface area contributed by atoms with E-state index in [4.69, 9.17) is 14.7 Å². The minimum absolute atomic E-state index is 0.0420. The van der Waals surface area contributed by atoms with Gasteiger partial charge in [0.25, 0.3) is 0 Å². The number of aromatic nitrogens is 2. The molecule has 3 N–H and O–H groups in total. The number of rotatable bonds is 6. The summed E-state index contributed by atoms with van der Waals surface area (Å²) in [5, 5.41) is 16.5. The van der Waals surface area contributed by atoms with Gasteiger partial charge in [-0.25, -0.2) is 9.78 Å². The Morgan fingerprint density at radius 3 is 2.69 bits per heavy atom. The third-order valence-electron chi connectivity index (χ3n) is 7.70. The minimum atomic E-state index is -0.268. The smallest absolute Gasteiger partial charge is 0.321 e. The standard InChI is InChI=1S/C27H38N6O3/c1-3-19-8-9-33(17-19)27(35)29-21-5-4-18(2)23(15-21)24-16-25(32-10-12-36-13-11-32)31-26(30-24)28-20-6-7-22(34)14-20/h4-5,15-16,19-20,22,34H,3,6-14,17H2,1-2H3,(H,29,35)(H,28,30,31)/t19-,20?,22?/m1/s1. The SMILES string of the molecule is CC[C@@H]1CCN(C(=O)Nc2ccc(C)c(-c3cc(N4CCOCC4)nc(NC4CCC(O)C4)n3)c2)C1. The van der Waals surface area contributed by atoms with E-state index >= 15 is 0 Å². The average molecular weight is 495 g/mol. The third kappa shape index (κ3) is 5.73. The Labute approximate surface area is 213 Å². The zero-order valence-corrected chi connectivity index (χ0v) is 21.4. The van der Waals surface area contributed by atoms with Crippen LogP contribution in [0.2, 0.25) is 0 Å². The van der Waals surface area contributed by atoms with Gasteiger partial charge in [0.15, 0.2) is 0 Å². The quantitative estimate of drug-likeness (QED) is 0.560. The van der Waals surface area contributed by atoms with E-state index in [-0.39, 0.29) is 18.2 Å². The van der Waals surface area contributed by atoms with E-state index in [1.807, 2.05) is 29.2 Å². The number of hydrogen-bond acceptors (Lipinski definition) is 7. The summed E-state index contributed by atoms with van der Waals surface area (Å²) in [4.78, 5) is 26.7. The number of nitrogens with zero attached hydrogens (tertiary/aromatic N) is 4. The number of aryl methyl sites for hydroxylation is 1. The van der Waals surface area contributed by atoms with E-state index in [1.54, 1.807) is 0 Å². The number of anilines is 3. The fraction of sp³-hybridized carbons (Fsp3) is 0.593. The number of morpholine rings is 1. The maximum absolute atomic E-state index is 12.9. The highest BCUT2D eigenvalue weighted by Crippen LogP contribution is 2.31. The molecule has 3 heterocycles. The number of nitrogens with one attached hydrogen (secondary N) is 2. The van der Waals surface area contributed by atoms with Gasteiger partial charge in [-0.2, -0.15) is 4.98 Å². The molecule has 0 bridgehead atoms. The van der Waals surface area contributed by atoms with Gasteiger partial charge in [-0.3, -0.25) is 0 Å². The van der Waals surface area contributed by atoms with E-state index in [0.717, 1.165) is 80.2 Å². The first-order chi connectivity index (χ1) is 17.5. The molecule has 3 fully saturated rings. The largest absolute Gasteiger partial charge is 0.393 e. The molecule has 5 rings (SSSR count). The van der Waals surface area contributed by atoms with Gasteiger partial charge < -0.3 is 30.3 Å². The molecule has 1 aromatic carbocycles. The first-order valence-corrected chi connectivity index (χ1v) is 13.3. The van der Waals surface area contributed by atoms with Gasteiger partial charge in [0, 0.05) is 49.5 Å². The highest BCUT2D eigenvalue weighted by Gasteiger charge is 2.26. The van der Waals surface area contributed by atoms with Crippen molar-refractivity contribution in [3.05, 3.63) is 29.8 Å². The molecule has 2 saturated heterocycles. The number of urea groups is 1. The maximum Gasteiger partial charge on any atom is 0.321 e. The van der Waals surface area contributed by atoms with Gasteiger partial charge in [0.05, 0.1) is 25.0 Å². The molecule has 9 heteroatoms. The van der Waals surface area contributed by atoms with Crippen LogP contribution in [-0.2, 0) is 4.74 Å². The fourth-order valence-electron chi connectivity index (χ4n) is 5.39. The zero-order chi connectivity index (χ0) is 25.1. The molecule has 36 heavy (non-hydrogen) atoms. The first kappa shape index (κ1) is 24.8. The van der Waals surface area contributed by atoms with Gasteiger partial charge in [0.2, 0.25) is 5.95 Å². The van der Waals surface area contributed by atoms with E-state index in [9.17, 15) is 9.90 Å². The van der Waals surface area contributed by atoms with Crippen molar-refractivity contribution in [2.24, 2.45) is 5.92 Å². The van der Waals surface area contributed by atoms with Crippen molar-refractivity contribution >= 4 is 23.5 Å². The Morgan fingerprint density at radius 1 is 1.14 bits per heavy atom. The number of benzene rings is 1. The maximum atomic E-state index is 12.9. The lowest BCUT2D eigenvalue weighted by atomic mass is 10.0. The molecule has 2 aromatic rings. The number of amides is 2. The van der Waals surface area contributed by atoms with Crippen molar-refractivity contribution < 1.29 is 14.6 Å². The molecular weight excluding hydrogens is 456 g/mol. The van der Waals surface area contributed by atoms with E-state index < -0.39 is 0 Å². The summed E-state index contributed by atoms with van der Waals surface area (Å²) in [6.07, 6.45) is 4.31. The van der Waals surface area contributed by atoms with Crippen LogP contribution in [0.5, 0.6) is 0 Å². The molecule has 1 aromatic heterocycles. The van der Waals surface area contributed by atoms with Crippen molar-refractivity contribution in [1.29, 1.82) is 0 Å². The topological polar surface area (TPSA) is 103 Å². The predicted molar refractivity (Wildman–Crippen MR) is 141 cm³/mol. The second-order valence-corrected chi connectivity index (χ2v) is 10.3. The molecule has 2 unspecified atom stereocenters. The highest BCUT2D eigenvalue weighted by molar-refractivity contribution is 5.90. The molecule has 1 aliphatic carbocycles. The second-order valence-electron chi connectivity index (χ2n) is 10.3. The van der Waals surface area contributed by atoms with Crippen molar-refractivity contribution in [2.45, 2.75) is 58.1 Å². The molecule has 9 nitrogen and oxygen atoms in total. The molecule has 2 amide bonds. The summed E-state index contributed by atoms with van der Waals surface area (Å²) >= 11 is 0. The van der Waals surface area contributed by atoms with E-state index in [0.29, 0.717) is 31.5 Å². The van der Waals surface area contributed by atoms with Crippen molar-refractivity contribution in [1.82, 2.24) is 14.9 Å². The summed E-state index contributed by atoms with van der Waals surface area (Å²) in [6.45, 7) is 8.78. The zero-order valence-electron chi connectivity index (χ0n) is 21.4. The molecule has 0 radical (unpaired) electrons. The summed E-state index contributed by atoms with van der Waals surface area (Å²) in [5.74, 6) is 2.03. The molecular formula is C27H38N6O3. The van der Waals surface area contributed by atoms with Gasteiger partial charge >= 0.3 is 6.03 Å². The van der Waals surface area contributed by atoms with Crippen molar-refractivity contribution in [3.63, 3.8) is 0 Å². The Balaban J connectivity index is 1.41. The summed E-state index contributed by atoms with van der Waals surface area (Å²) in [6, 6.07) is 8.13. The van der Waals surface area contributed by atoms with Crippen molar-refractivity contribution in [3.8, 4) is 11.3 Å². The van der Waals surface area contributed by atoms with Crippen LogP contribution in [0.15, 0.2) is 24.3 Å². The van der Waals surface area contributed by atoms with E-state index in [1.165, 1.54) is 0 Å². The summed E-state index contributed by atoms with van der Waals surface area (Å²) in [7, 11) is 0. The van der Waals surface area contributed by atoms with Crippen LogP contribution < -0.4 is 15.5 Å². The second kappa shape index (κ2) is 11.0. The Kier molecular flexibility index (Phi) is 7.57. The van der Waals surface area contributed by atoms with Crippen LogP contribution in [-0.4, -0.2) is 77.5 Å². The van der Waals surface area contributed by atoms with Crippen LogP contribution in [0.25, 0.3) is 11.3 Å². The monoisotopic (exact) mass is 494 g/mol. The Morgan fingerprint density at radius 2 is 1.97 bits per heavy atom. The molecule has 194 valence electrons. The summed E-state index contributed by atoms with van der Waals surface area (Å²) in [5.41, 5.74) is 3.62. The minimum Gasteiger partial charge on any atom is -0.393 e. The van der Waals surface area contributed by atoms with Crippen LogP contribution in [0.3, 0.4) is 0 Å². The number of aliphatic hydroxyl groups excluding tert-OH is 1. The number of ether oxygens (including phenoxy) is 1. The molecule has 3 aliphatic rings. The van der Waals surface area contributed by atoms with Crippen molar-refractivity contribution in [2.75, 3.05) is 54.9 Å². The predicted octanol–water partition coefficient (Wildman–Crippen LogP) is 3.88. The van der Waals surface area contributed by atoms with E-state index in [2.05, 4.69) is 29.4 Å². The lowest BCUT2D eigenvalue weighted by Gasteiger charge is -2.28. The fourth-order valence-corrected chi connectivity index (χ4v) is 5.39. The number of hydrogen-bond donors (Lipinski definition) is 3. The van der Waals surface area contributed by atoms with Crippen LogP contribution in [0, 0.1) is 12.8 Å². The number of carbonyl (C=O) groups is 1. The van der Waals surface area contributed by atoms with Crippen LogP contribution in [0.1, 0.15) is 44.6 Å². The van der Waals surface area contributed by atoms with Gasteiger partial charge in [-0.05, 0) is 56.2 Å². The molecule has 2 aliphatic heterocycles. The van der Waals surface area contributed by atoms with Gasteiger partial charge in [-0.1, -0.05) is 19.4 Å². The molecule has 3 atom stereocenters. The number of likely N-dealkylation sites (tertiary alicyclic amines) is 1. The third-order valence-corrected chi connectivity index (χ3v) is 7.70.